The molecule has 0 saturated carbocycles. The minimum Gasteiger partial charge on any atom is -0.438 e. The average Bonchev–Trinajstić information content (AvgIpc) is 2.67. The molecule has 0 fully saturated rings. The summed E-state index contributed by atoms with van der Waals surface area (Å²) in [5.74, 6) is 0.0139. The van der Waals surface area contributed by atoms with Crippen molar-refractivity contribution in [3.63, 3.8) is 0 Å². The van der Waals surface area contributed by atoms with E-state index in [1.54, 1.807) is 31.2 Å². The molecule has 156 valence electrons. The summed E-state index contributed by atoms with van der Waals surface area (Å²) >= 11 is 11.9. The van der Waals surface area contributed by atoms with Crippen molar-refractivity contribution in [1.29, 1.82) is 0 Å². The van der Waals surface area contributed by atoms with Crippen molar-refractivity contribution in [3.05, 3.63) is 69.7 Å². The SMILES string of the molecule is Cc1ncnc(NC(=O)Cc2ccc(Oc3ncc(C(F)(F)F)cc3Cl)cc2)c1Cl. The monoisotopic (exact) mass is 456 g/mol. The van der Waals surface area contributed by atoms with Crippen molar-refractivity contribution < 1.29 is 22.7 Å². The maximum Gasteiger partial charge on any atom is 0.417 e. The highest BCUT2D eigenvalue weighted by molar-refractivity contribution is 6.34. The summed E-state index contributed by atoms with van der Waals surface area (Å²) in [5.41, 5.74) is 0.229. The fourth-order valence-corrected chi connectivity index (χ4v) is 2.70. The highest BCUT2D eigenvalue weighted by Gasteiger charge is 2.31. The lowest BCUT2D eigenvalue weighted by Gasteiger charge is -2.10. The molecule has 0 aliphatic carbocycles. The number of benzene rings is 1. The fraction of sp³-hybridized carbons (Fsp3) is 0.158. The van der Waals surface area contributed by atoms with Crippen molar-refractivity contribution >= 4 is 34.9 Å². The molecule has 11 heteroatoms. The number of hydrogen-bond acceptors (Lipinski definition) is 5. The lowest BCUT2D eigenvalue weighted by Crippen LogP contribution is -2.16. The van der Waals surface area contributed by atoms with E-state index in [1.807, 2.05) is 0 Å². The Morgan fingerprint density at radius 3 is 2.47 bits per heavy atom. The van der Waals surface area contributed by atoms with Crippen molar-refractivity contribution in [2.75, 3.05) is 5.32 Å². The number of alkyl halides is 3. The van der Waals surface area contributed by atoms with Gasteiger partial charge in [-0.1, -0.05) is 35.3 Å². The van der Waals surface area contributed by atoms with Crippen molar-refractivity contribution in [1.82, 2.24) is 15.0 Å². The van der Waals surface area contributed by atoms with E-state index < -0.39 is 11.7 Å². The third-order valence-electron chi connectivity index (χ3n) is 3.86. The topological polar surface area (TPSA) is 77.0 Å². The van der Waals surface area contributed by atoms with Crippen LogP contribution in [0.1, 0.15) is 16.8 Å². The number of nitrogens with zero attached hydrogens (tertiary/aromatic N) is 3. The third kappa shape index (κ3) is 5.37. The molecule has 0 bridgehead atoms. The first-order valence-electron chi connectivity index (χ1n) is 8.40. The molecular weight excluding hydrogens is 444 g/mol. The van der Waals surface area contributed by atoms with Gasteiger partial charge in [0, 0.05) is 6.20 Å². The highest BCUT2D eigenvalue weighted by atomic mass is 35.5. The van der Waals surface area contributed by atoms with Crippen LogP contribution in [0.15, 0.2) is 42.9 Å². The fourth-order valence-electron chi connectivity index (χ4n) is 2.35. The summed E-state index contributed by atoms with van der Waals surface area (Å²) < 4.78 is 43.4. The molecule has 0 saturated heterocycles. The van der Waals surface area contributed by atoms with Crippen LogP contribution >= 0.6 is 23.2 Å². The zero-order valence-corrected chi connectivity index (χ0v) is 16.8. The Kier molecular flexibility index (Phi) is 6.42. The Labute approximate surface area is 179 Å². The summed E-state index contributed by atoms with van der Waals surface area (Å²) in [7, 11) is 0. The summed E-state index contributed by atoms with van der Waals surface area (Å²) in [6.07, 6.45) is -2.58. The number of ether oxygens (including phenoxy) is 1. The van der Waals surface area contributed by atoms with Gasteiger partial charge in [0.15, 0.2) is 5.82 Å². The van der Waals surface area contributed by atoms with Crippen LogP contribution in [0.4, 0.5) is 19.0 Å². The Bertz CT molecular complexity index is 1080. The number of aryl methyl sites for hydroxylation is 1. The predicted molar refractivity (Wildman–Crippen MR) is 105 cm³/mol. The molecule has 2 heterocycles. The summed E-state index contributed by atoms with van der Waals surface area (Å²) in [6.45, 7) is 1.69. The van der Waals surface area contributed by atoms with Gasteiger partial charge < -0.3 is 10.1 Å². The van der Waals surface area contributed by atoms with Crippen LogP contribution in [0.3, 0.4) is 0 Å². The number of carbonyl (C=O) groups is 1. The lowest BCUT2D eigenvalue weighted by molar-refractivity contribution is -0.137. The van der Waals surface area contributed by atoms with E-state index in [-0.39, 0.29) is 34.1 Å². The number of halogens is 5. The van der Waals surface area contributed by atoms with Crippen molar-refractivity contribution in [3.8, 4) is 11.6 Å². The number of anilines is 1. The second-order valence-corrected chi connectivity index (χ2v) is 6.89. The minimum absolute atomic E-state index is 0.0406. The Morgan fingerprint density at radius 1 is 1.13 bits per heavy atom. The number of amides is 1. The Balaban J connectivity index is 1.64. The van der Waals surface area contributed by atoms with E-state index in [0.717, 1.165) is 6.07 Å². The van der Waals surface area contributed by atoms with E-state index in [1.165, 1.54) is 6.33 Å². The molecule has 1 amide bonds. The highest BCUT2D eigenvalue weighted by Crippen LogP contribution is 2.34. The van der Waals surface area contributed by atoms with E-state index in [2.05, 4.69) is 20.3 Å². The van der Waals surface area contributed by atoms with Crippen molar-refractivity contribution in [2.45, 2.75) is 19.5 Å². The van der Waals surface area contributed by atoms with Gasteiger partial charge in [-0.05, 0) is 30.7 Å². The van der Waals surface area contributed by atoms with Gasteiger partial charge in [0.25, 0.3) is 0 Å². The minimum atomic E-state index is -4.55. The molecule has 0 spiro atoms. The second-order valence-electron chi connectivity index (χ2n) is 6.10. The van der Waals surface area contributed by atoms with E-state index in [9.17, 15) is 18.0 Å². The van der Waals surface area contributed by atoms with Gasteiger partial charge in [0.1, 0.15) is 22.1 Å². The summed E-state index contributed by atoms with van der Waals surface area (Å²) in [6, 6.07) is 7.07. The first-order chi connectivity index (χ1) is 14.1. The first-order valence-corrected chi connectivity index (χ1v) is 9.15. The molecule has 0 aliphatic heterocycles. The number of pyridine rings is 1. The number of nitrogens with one attached hydrogen (secondary N) is 1. The zero-order valence-electron chi connectivity index (χ0n) is 15.3. The number of carbonyl (C=O) groups excluding carboxylic acids is 1. The molecule has 6 nitrogen and oxygen atoms in total. The maximum atomic E-state index is 12.7. The van der Waals surface area contributed by atoms with Crippen LogP contribution < -0.4 is 10.1 Å². The molecule has 0 aliphatic rings. The summed E-state index contributed by atoms with van der Waals surface area (Å²) in [5, 5.41) is 2.59. The standard InChI is InChI=1S/C19H13Cl2F3N4O2/c1-10-16(21)17(27-9-26-10)28-15(29)6-11-2-4-13(5-3-11)30-18-14(20)7-12(8-25-18)19(22,23)24/h2-5,7-9H,6H2,1H3,(H,26,27,28,29). The average molecular weight is 457 g/mol. The summed E-state index contributed by atoms with van der Waals surface area (Å²) in [4.78, 5) is 23.7. The van der Waals surface area contributed by atoms with Crippen molar-refractivity contribution in [2.24, 2.45) is 0 Å². The molecule has 0 atom stereocenters. The molecule has 0 unspecified atom stereocenters. The van der Waals surface area contributed by atoms with E-state index >= 15 is 0 Å². The third-order valence-corrected chi connectivity index (χ3v) is 4.58. The zero-order chi connectivity index (χ0) is 21.9. The largest absolute Gasteiger partial charge is 0.438 e. The van der Waals surface area contributed by atoms with Crippen LogP contribution in [0.2, 0.25) is 10.0 Å². The molecule has 2 aromatic heterocycles. The lowest BCUT2D eigenvalue weighted by atomic mass is 10.1. The van der Waals surface area contributed by atoms with Gasteiger partial charge in [0.2, 0.25) is 11.8 Å². The molecule has 0 radical (unpaired) electrons. The Morgan fingerprint density at radius 2 is 1.83 bits per heavy atom. The molecule has 1 N–H and O–H groups in total. The van der Waals surface area contributed by atoms with Crippen LogP contribution in [-0.4, -0.2) is 20.9 Å². The van der Waals surface area contributed by atoms with Crippen LogP contribution in [-0.2, 0) is 17.4 Å². The first kappa shape index (κ1) is 21.8. The van der Waals surface area contributed by atoms with Crippen LogP contribution in [0.5, 0.6) is 11.6 Å². The Hall–Kier alpha value is -2.91. The van der Waals surface area contributed by atoms with Gasteiger partial charge in [-0.3, -0.25) is 4.79 Å². The van der Waals surface area contributed by atoms with E-state index in [4.69, 9.17) is 27.9 Å². The predicted octanol–water partition coefficient (Wildman–Crippen LogP) is 5.48. The maximum absolute atomic E-state index is 12.7. The normalized spacial score (nSPS) is 11.3. The molecular formula is C19H13Cl2F3N4O2. The van der Waals surface area contributed by atoms with Gasteiger partial charge in [0.05, 0.1) is 17.7 Å². The van der Waals surface area contributed by atoms with Crippen LogP contribution in [0, 0.1) is 6.92 Å². The number of hydrogen-bond donors (Lipinski definition) is 1. The quantitative estimate of drug-likeness (QED) is 0.549. The number of aromatic nitrogens is 3. The second kappa shape index (κ2) is 8.85. The van der Waals surface area contributed by atoms with E-state index in [0.29, 0.717) is 23.2 Å². The molecule has 1 aromatic carbocycles. The molecule has 3 rings (SSSR count). The molecule has 3 aromatic rings. The molecule has 30 heavy (non-hydrogen) atoms. The number of rotatable bonds is 5. The van der Waals surface area contributed by atoms with Crippen LogP contribution in [0.25, 0.3) is 0 Å². The van der Waals surface area contributed by atoms with Gasteiger partial charge >= 0.3 is 6.18 Å². The van der Waals surface area contributed by atoms with Gasteiger partial charge in [-0.15, -0.1) is 0 Å². The van der Waals surface area contributed by atoms with Gasteiger partial charge in [-0.25, -0.2) is 15.0 Å². The van der Waals surface area contributed by atoms with Gasteiger partial charge in [-0.2, -0.15) is 13.2 Å². The smallest absolute Gasteiger partial charge is 0.417 e.